The lowest BCUT2D eigenvalue weighted by molar-refractivity contribution is -0.123. The molecule has 1 aliphatic rings. The van der Waals surface area contributed by atoms with Gasteiger partial charge in [-0.1, -0.05) is 30.4 Å². The highest BCUT2D eigenvalue weighted by molar-refractivity contribution is 7.88. The van der Waals surface area contributed by atoms with Crippen LogP contribution in [0.5, 0.6) is 0 Å². The van der Waals surface area contributed by atoms with Gasteiger partial charge < -0.3 is 4.90 Å². The lowest BCUT2D eigenvalue weighted by atomic mass is 9.97. The summed E-state index contributed by atoms with van der Waals surface area (Å²) < 4.78 is 24.6. The summed E-state index contributed by atoms with van der Waals surface area (Å²) in [6.45, 7) is 5.53. The predicted octanol–water partition coefficient (Wildman–Crippen LogP) is 2.64. The molecule has 0 spiro atoms. The molecule has 1 rings (SSSR count). The Kier molecular flexibility index (Phi) is 10.2. The number of rotatable bonds is 8. The van der Waals surface area contributed by atoms with Gasteiger partial charge in [0.2, 0.25) is 10.0 Å². The van der Waals surface area contributed by atoms with Crippen molar-refractivity contribution < 1.29 is 18.0 Å². The molecule has 8 heteroatoms. The summed E-state index contributed by atoms with van der Waals surface area (Å²) in [7, 11) is -1.49. The summed E-state index contributed by atoms with van der Waals surface area (Å²) in [5.41, 5.74) is 0. The first kappa shape index (κ1) is 24.1. The van der Waals surface area contributed by atoms with E-state index >= 15 is 0 Å². The Hall–Kier alpha value is -1.93. The standard InChI is InChI=1S/C20H33N3O4S/c1-5-7-8-9-10-15-23(20(25)21(3)6-2)19(24)12-11-18-13-16-22(17-14-18)28(4,26)27/h5,7-9,11-12,18H,6,10,13-17H2,1-4H3/b7-5-,9-8-,12-11+. The molecular weight excluding hydrogens is 378 g/mol. The van der Waals surface area contributed by atoms with Crippen LogP contribution in [0.4, 0.5) is 4.79 Å². The van der Waals surface area contributed by atoms with E-state index in [-0.39, 0.29) is 17.9 Å². The van der Waals surface area contributed by atoms with Crippen molar-refractivity contribution in [1.82, 2.24) is 14.1 Å². The predicted molar refractivity (Wildman–Crippen MR) is 112 cm³/mol. The van der Waals surface area contributed by atoms with Gasteiger partial charge in [-0.2, -0.15) is 0 Å². The van der Waals surface area contributed by atoms with E-state index in [4.69, 9.17) is 0 Å². The largest absolute Gasteiger partial charge is 0.328 e. The van der Waals surface area contributed by atoms with Crippen LogP contribution in [-0.2, 0) is 14.8 Å². The fourth-order valence-corrected chi connectivity index (χ4v) is 3.71. The van der Waals surface area contributed by atoms with Crippen molar-refractivity contribution in [3.63, 3.8) is 0 Å². The number of hydrogen-bond acceptors (Lipinski definition) is 4. The number of sulfonamides is 1. The Morgan fingerprint density at radius 2 is 1.82 bits per heavy atom. The second-order valence-electron chi connectivity index (χ2n) is 6.89. The summed E-state index contributed by atoms with van der Waals surface area (Å²) in [6.07, 6.45) is 14.0. The molecule has 0 radical (unpaired) electrons. The van der Waals surface area contributed by atoms with Gasteiger partial charge in [0.25, 0.3) is 5.91 Å². The van der Waals surface area contributed by atoms with Crippen LogP contribution in [0.2, 0.25) is 0 Å². The van der Waals surface area contributed by atoms with Crippen LogP contribution < -0.4 is 0 Å². The quantitative estimate of drug-likeness (QED) is 0.454. The Labute approximate surface area is 169 Å². The molecule has 0 unspecified atom stereocenters. The molecule has 3 amide bonds. The van der Waals surface area contributed by atoms with E-state index in [0.717, 1.165) is 0 Å². The van der Waals surface area contributed by atoms with Crippen LogP contribution in [0, 0.1) is 5.92 Å². The maximum Gasteiger partial charge on any atom is 0.326 e. The number of hydrogen-bond donors (Lipinski definition) is 0. The molecule has 0 aromatic carbocycles. The van der Waals surface area contributed by atoms with Gasteiger partial charge in [0, 0.05) is 33.2 Å². The molecule has 0 aliphatic carbocycles. The maximum atomic E-state index is 12.6. The number of amides is 3. The molecule has 1 heterocycles. The van der Waals surface area contributed by atoms with Crippen molar-refractivity contribution in [3.05, 3.63) is 36.5 Å². The molecule has 1 saturated heterocycles. The Balaban J connectivity index is 2.72. The first-order valence-corrected chi connectivity index (χ1v) is 11.5. The van der Waals surface area contributed by atoms with E-state index in [1.54, 1.807) is 7.05 Å². The highest BCUT2D eigenvalue weighted by atomic mass is 32.2. The number of carbonyl (C=O) groups is 2. The molecule has 0 aromatic heterocycles. The Bertz CT molecular complexity index is 705. The smallest absolute Gasteiger partial charge is 0.326 e. The highest BCUT2D eigenvalue weighted by Crippen LogP contribution is 2.20. The van der Waals surface area contributed by atoms with Crippen LogP contribution in [0.3, 0.4) is 0 Å². The number of nitrogens with zero attached hydrogens (tertiary/aromatic N) is 3. The van der Waals surface area contributed by atoms with Crippen molar-refractivity contribution in [2.75, 3.05) is 39.5 Å². The molecule has 0 bridgehead atoms. The van der Waals surface area contributed by atoms with Crippen molar-refractivity contribution in [3.8, 4) is 0 Å². The third-order valence-corrected chi connectivity index (χ3v) is 6.04. The SMILES string of the molecule is C/C=C\C=C/CCN(C(=O)/C=C/C1CCN(S(C)(=O)=O)CC1)C(=O)N(C)CC. The molecule has 1 fully saturated rings. The molecule has 158 valence electrons. The van der Waals surface area contributed by atoms with Crippen molar-refractivity contribution in [1.29, 1.82) is 0 Å². The average Bonchev–Trinajstić information content (AvgIpc) is 2.67. The molecule has 7 nitrogen and oxygen atoms in total. The summed E-state index contributed by atoms with van der Waals surface area (Å²) in [4.78, 5) is 27.9. The summed E-state index contributed by atoms with van der Waals surface area (Å²) in [5.74, 6) is -0.201. The van der Waals surface area contributed by atoms with Gasteiger partial charge >= 0.3 is 6.03 Å². The molecule has 28 heavy (non-hydrogen) atoms. The topological polar surface area (TPSA) is 78.0 Å². The minimum absolute atomic E-state index is 0.136. The van der Waals surface area contributed by atoms with Crippen LogP contribution in [-0.4, -0.2) is 73.9 Å². The normalized spacial score (nSPS) is 17.0. The highest BCUT2D eigenvalue weighted by Gasteiger charge is 2.25. The number of imide groups is 1. The molecule has 0 saturated carbocycles. The number of piperidine rings is 1. The summed E-state index contributed by atoms with van der Waals surface area (Å²) in [5, 5.41) is 0. The van der Waals surface area contributed by atoms with Gasteiger partial charge in [-0.05, 0) is 45.1 Å². The molecule has 0 N–H and O–H groups in total. The first-order chi connectivity index (χ1) is 13.2. The monoisotopic (exact) mass is 411 g/mol. The van der Waals surface area contributed by atoms with Crippen LogP contribution in [0.25, 0.3) is 0 Å². The third-order valence-electron chi connectivity index (χ3n) is 4.74. The van der Waals surface area contributed by atoms with Gasteiger partial charge in [0.05, 0.1) is 6.26 Å². The Morgan fingerprint density at radius 1 is 1.18 bits per heavy atom. The van der Waals surface area contributed by atoms with Gasteiger partial charge in [0.15, 0.2) is 0 Å². The number of allylic oxidation sites excluding steroid dienone is 4. The summed E-state index contributed by atoms with van der Waals surface area (Å²) in [6, 6.07) is -0.316. The fraction of sp³-hybridized carbons (Fsp3) is 0.600. The van der Waals surface area contributed by atoms with E-state index in [1.807, 2.05) is 44.2 Å². The minimum atomic E-state index is -3.16. The van der Waals surface area contributed by atoms with Crippen molar-refractivity contribution in [2.24, 2.45) is 5.92 Å². The Morgan fingerprint density at radius 3 is 2.36 bits per heavy atom. The molecule has 0 aromatic rings. The van der Waals surface area contributed by atoms with Crippen LogP contribution >= 0.6 is 0 Å². The van der Waals surface area contributed by atoms with Gasteiger partial charge in [-0.25, -0.2) is 17.5 Å². The van der Waals surface area contributed by atoms with Crippen molar-refractivity contribution in [2.45, 2.75) is 33.1 Å². The lowest BCUT2D eigenvalue weighted by Gasteiger charge is -2.29. The maximum absolute atomic E-state index is 12.6. The second kappa shape index (κ2) is 11.8. The van der Waals surface area contributed by atoms with E-state index < -0.39 is 10.0 Å². The minimum Gasteiger partial charge on any atom is -0.328 e. The van der Waals surface area contributed by atoms with E-state index in [9.17, 15) is 18.0 Å². The fourth-order valence-electron chi connectivity index (χ4n) is 2.84. The van der Waals surface area contributed by atoms with Gasteiger partial charge in [0.1, 0.15) is 0 Å². The molecule has 0 atom stereocenters. The number of urea groups is 1. The zero-order valence-corrected chi connectivity index (χ0v) is 18.2. The second-order valence-corrected chi connectivity index (χ2v) is 8.87. The van der Waals surface area contributed by atoms with E-state index in [0.29, 0.717) is 45.4 Å². The van der Waals surface area contributed by atoms with Gasteiger partial charge in [-0.3, -0.25) is 9.69 Å². The van der Waals surface area contributed by atoms with Crippen LogP contribution in [0.1, 0.15) is 33.1 Å². The summed E-state index contributed by atoms with van der Waals surface area (Å²) >= 11 is 0. The average molecular weight is 412 g/mol. The van der Waals surface area contributed by atoms with Crippen LogP contribution in [0.15, 0.2) is 36.5 Å². The van der Waals surface area contributed by atoms with E-state index in [2.05, 4.69) is 0 Å². The first-order valence-electron chi connectivity index (χ1n) is 9.68. The van der Waals surface area contributed by atoms with Gasteiger partial charge in [-0.15, -0.1) is 0 Å². The van der Waals surface area contributed by atoms with E-state index in [1.165, 1.54) is 26.4 Å². The molecular formula is C20H33N3O4S. The van der Waals surface area contributed by atoms with Crippen molar-refractivity contribution >= 4 is 22.0 Å². The zero-order valence-electron chi connectivity index (χ0n) is 17.4. The molecule has 1 aliphatic heterocycles. The number of carbonyl (C=O) groups excluding carboxylic acids is 2. The zero-order chi connectivity index (χ0) is 21.2. The third kappa shape index (κ3) is 7.98. The lowest BCUT2D eigenvalue weighted by Crippen LogP contribution is -2.44.